The molecule has 3 unspecified atom stereocenters. The fourth-order valence-electron chi connectivity index (χ4n) is 1.07. The van der Waals surface area contributed by atoms with Gasteiger partial charge in [-0.2, -0.15) is 0 Å². The van der Waals surface area contributed by atoms with Crippen LogP contribution in [0.25, 0.3) is 0 Å². The molecule has 2 N–H and O–H groups in total. The van der Waals surface area contributed by atoms with E-state index in [0.717, 1.165) is 6.08 Å². The molecular weight excluding hydrogens is 222 g/mol. The molecule has 0 spiro atoms. The van der Waals surface area contributed by atoms with Gasteiger partial charge in [-0.05, 0) is 12.8 Å². The van der Waals surface area contributed by atoms with Crippen LogP contribution in [0.4, 0.5) is 0 Å². The number of esters is 1. The van der Waals surface area contributed by atoms with Crippen molar-refractivity contribution in [3.63, 3.8) is 0 Å². The molecule has 0 fully saturated rings. The Hall–Kier alpha value is -0.910. The van der Waals surface area contributed by atoms with Gasteiger partial charge < -0.3 is 19.9 Å². The van der Waals surface area contributed by atoms with Gasteiger partial charge in [0.1, 0.15) is 6.23 Å². The minimum absolute atomic E-state index is 0.368. The third kappa shape index (κ3) is 7.10. The first kappa shape index (κ1) is 16.1. The lowest BCUT2D eigenvalue weighted by Gasteiger charge is -2.25. The van der Waals surface area contributed by atoms with E-state index in [4.69, 9.17) is 19.9 Å². The Labute approximate surface area is 103 Å². The van der Waals surface area contributed by atoms with Crippen LogP contribution in [0.1, 0.15) is 40.0 Å². The van der Waals surface area contributed by atoms with Crippen LogP contribution in [0.15, 0.2) is 12.7 Å². The maximum atomic E-state index is 11.0. The second-order valence-corrected chi connectivity index (χ2v) is 3.54. The first-order valence-corrected chi connectivity index (χ1v) is 5.96. The number of hydrogen-bond acceptors (Lipinski definition) is 5. The number of ether oxygens (including phenoxy) is 3. The summed E-state index contributed by atoms with van der Waals surface area (Å²) < 4.78 is 15.9. The molecule has 0 aromatic carbocycles. The normalized spacial score (nSPS) is 16.0. The van der Waals surface area contributed by atoms with Gasteiger partial charge in [0.25, 0.3) is 0 Å². The van der Waals surface area contributed by atoms with Crippen LogP contribution in [0.3, 0.4) is 0 Å². The van der Waals surface area contributed by atoms with E-state index in [0.29, 0.717) is 19.3 Å². The molecule has 0 heterocycles. The van der Waals surface area contributed by atoms with Crippen LogP contribution >= 0.6 is 0 Å². The van der Waals surface area contributed by atoms with Crippen molar-refractivity contribution in [3.8, 4) is 0 Å². The summed E-state index contributed by atoms with van der Waals surface area (Å²) >= 11 is 0. The summed E-state index contributed by atoms with van der Waals surface area (Å²) in [5.74, 6) is -0.508. The SMILES string of the molecule is C=CC(=O)OC(CC)OC(CC)OC(N)CC. The smallest absolute Gasteiger partial charge is 0.332 e. The van der Waals surface area contributed by atoms with Crippen molar-refractivity contribution >= 4 is 5.97 Å². The van der Waals surface area contributed by atoms with Gasteiger partial charge in [-0.3, -0.25) is 0 Å². The summed E-state index contributed by atoms with van der Waals surface area (Å²) in [6, 6.07) is 0. The number of hydrogen-bond donors (Lipinski definition) is 1. The Morgan fingerprint density at radius 3 is 2.18 bits per heavy atom. The van der Waals surface area contributed by atoms with Gasteiger partial charge in [0.05, 0.1) is 0 Å². The van der Waals surface area contributed by atoms with E-state index in [2.05, 4.69) is 6.58 Å². The van der Waals surface area contributed by atoms with Crippen molar-refractivity contribution in [2.75, 3.05) is 0 Å². The average Bonchev–Trinajstić information content (AvgIpc) is 2.36. The summed E-state index contributed by atoms with van der Waals surface area (Å²) in [6.07, 6.45) is 1.51. The number of rotatable bonds is 9. The van der Waals surface area contributed by atoms with E-state index < -0.39 is 18.5 Å². The van der Waals surface area contributed by atoms with E-state index in [1.54, 1.807) is 0 Å². The summed E-state index contributed by atoms with van der Waals surface area (Å²) in [7, 11) is 0. The maximum Gasteiger partial charge on any atom is 0.332 e. The highest BCUT2D eigenvalue weighted by Gasteiger charge is 2.18. The van der Waals surface area contributed by atoms with Gasteiger partial charge in [-0.1, -0.05) is 27.4 Å². The van der Waals surface area contributed by atoms with E-state index in [9.17, 15) is 4.79 Å². The largest absolute Gasteiger partial charge is 0.433 e. The van der Waals surface area contributed by atoms with Crippen LogP contribution in [-0.4, -0.2) is 24.8 Å². The second kappa shape index (κ2) is 9.15. The van der Waals surface area contributed by atoms with Crippen LogP contribution < -0.4 is 5.73 Å². The van der Waals surface area contributed by atoms with Gasteiger partial charge >= 0.3 is 5.97 Å². The lowest BCUT2D eigenvalue weighted by molar-refractivity contribution is -0.251. The second-order valence-electron chi connectivity index (χ2n) is 3.54. The molecule has 0 saturated carbocycles. The van der Waals surface area contributed by atoms with E-state index in [1.165, 1.54) is 0 Å². The summed E-state index contributed by atoms with van der Waals surface area (Å²) in [5.41, 5.74) is 5.67. The lowest BCUT2D eigenvalue weighted by Crippen LogP contribution is -2.34. The highest BCUT2D eigenvalue weighted by molar-refractivity contribution is 5.81. The first-order chi connectivity index (χ1) is 8.07. The Morgan fingerprint density at radius 1 is 1.18 bits per heavy atom. The van der Waals surface area contributed by atoms with Crippen molar-refractivity contribution in [1.29, 1.82) is 0 Å². The monoisotopic (exact) mass is 245 g/mol. The van der Waals surface area contributed by atoms with Gasteiger partial charge in [-0.25, -0.2) is 4.79 Å². The molecule has 0 radical (unpaired) electrons. The molecule has 0 aliphatic heterocycles. The standard InChI is InChI=1S/C12H23NO4/c1-5-9(13)15-11(7-3)17-12(8-4)16-10(14)6-2/h6,9,11-12H,2,5,7-8,13H2,1,3-4H3. The quantitative estimate of drug-likeness (QED) is 0.382. The van der Waals surface area contributed by atoms with Gasteiger partial charge in [0, 0.05) is 12.5 Å². The van der Waals surface area contributed by atoms with Crippen LogP contribution in [0.5, 0.6) is 0 Å². The predicted octanol–water partition coefficient (Wildman–Crippen LogP) is 1.92. The third-order valence-electron chi connectivity index (χ3n) is 2.11. The fourth-order valence-corrected chi connectivity index (χ4v) is 1.07. The van der Waals surface area contributed by atoms with Gasteiger partial charge in [0.2, 0.25) is 6.29 Å². The van der Waals surface area contributed by atoms with E-state index in [1.807, 2.05) is 20.8 Å². The molecule has 17 heavy (non-hydrogen) atoms. The molecule has 0 aromatic heterocycles. The molecule has 3 atom stereocenters. The fraction of sp³-hybridized carbons (Fsp3) is 0.750. The highest BCUT2D eigenvalue weighted by atomic mass is 16.8. The Morgan fingerprint density at radius 2 is 1.76 bits per heavy atom. The summed E-state index contributed by atoms with van der Waals surface area (Å²) in [4.78, 5) is 11.0. The van der Waals surface area contributed by atoms with Gasteiger partial charge in [0.15, 0.2) is 6.29 Å². The van der Waals surface area contributed by atoms with Crippen LogP contribution in [0.2, 0.25) is 0 Å². The molecule has 0 aromatic rings. The molecule has 0 aliphatic rings. The molecule has 0 aliphatic carbocycles. The molecule has 5 heteroatoms. The zero-order valence-electron chi connectivity index (χ0n) is 10.8. The Kier molecular flexibility index (Phi) is 8.66. The lowest BCUT2D eigenvalue weighted by atomic mass is 10.4. The Bertz CT molecular complexity index is 233. The molecule has 0 saturated heterocycles. The maximum absolute atomic E-state index is 11.0. The van der Waals surface area contributed by atoms with Crippen molar-refractivity contribution in [2.24, 2.45) is 5.73 Å². The topological polar surface area (TPSA) is 70.8 Å². The van der Waals surface area contributed by atoms with Crippen molar-refractivity contribution in [2.45, 2.75) is 58.8 Å². The minimum atomic E-state index is -0.630. The Balaban J connectivity index is 4.20. The van der Waals surface area contributed by atoms with E-state index >= 15 is 0 Å². The molecule has 0 rings (SSSR count). The van der Waals surface area contributed by atoms with E-state index in [-0.39, 0.29) is 6.23 Å². The van der Waals surface area contributed by atoms with Crippen molar-refractivity contribution < 1.29 is 19.0 Å². The number of carbonyl (C=O) groups is 1. The summed E-state index contributed by atoms with van der Waals surface area (Å²) in [5, 5.41) is 0. The van der Waals surface area contributed by atoms with Crippen LogP contribution in [-0.2, 0) is 19.0 Å². The number of nitrogens with two attached hydrogens (primary N) is 1. The van der Waals surface area contributed by atoms with Crippen molar-refractivity contribution in [3.05, 3.63) is 12.7 Å². The van der Waals surface area contributed by atoms with Crippen LogP contribution in [0, 0.1) is 0 Å². The average molecular weight is 245 g/mol. The van der Waals surface area contributed by atoms with Gasteiger partial charge in [-0.15, -0.1) is 0 Å². The zero-order chi connectivity index (χ0) is 13.3. The minimum Gasteiger partial charge on any atom is -0.433 e. The highest BCUT2D eigenvalue weighted by Crippen LogP contribution is 2.11. The molecule has 0 amide bonds. The third-order valence-corrected chi connectivity index (χ3v) is 2.11. The zero-order valence-corrected chi connectivity index (χ0v) is 10.8. The molecular formula is C12H23NO4. The molecule has 0 bridgehead atoms. The molecule has 5 nitrogen and oxygen atoms in total. The van der Waals surface area contributed by atoms with Crippen molar-refractivity contribution in [1.82, 2.24) is 0 Å². The summed E-state index contributed by atoms with van der Waals surface area (Å²) in [6.45, 7) is 9.02. The number of carbonyl (C=O) groups excluding carboxylic acids is 1. The predicted molar refractivity (Wildman–Crippen MR) is 64.9 cm³/mol. The first-order valence-electron chi connectivity index (χ1n) is 5.96. The molecule has 100 valence electrons.